The molecule has 0 radical (unpaired) electrons. The van der Waals surface area contributed by atoms with Crippen molar-refractivity contribution in [2.45, 2.75) is 44.6 Å². The Morgan fingerprint density at radius 3 is 2.28 bits per heavy atom. The highest BCUT2D eigenvalue weighted by molar-refractivity contribution is 7.11. The number of nitrogens with zero attached hydrogens (tertiary/aromatic N) is 1. The first-order chi connectivity index (χ1) is 17.4. The van der Waals surface area contributed by atoms with Gasteiger partial charge in [0.2, 0.25) is 0 Å². The molecule has 4 nitrogen and oxygen atoms in total. The monoisotopic (exact) mass is 509 g/mol. The third kappa shape index (κ3) is 5.44. The van der Waals surface area contributed by atoms with Crippen LogP contribution < -0.4 is 0 Å². The van der Waals surface area contributed by atoms with Crippen molar-refractivity contribution in [2.24, 2.45) is 0 Å². The van der Waals surface area contributed by atoms with Gasteiger partial charge in [0.15, 0.2) is 5.60 Å². The Morgan fingerprint density at radius 1 is 0.972 bits per heavy atom. The lowest BCUT2D eigenvalue weighted by Gasteiger charge is -2.28. The van der Waals surface area contributed by atoms with Gasteiger partial charge in [-0.25, -0.2) is 8.78 Å². The first-order valence-corrected chi connectivity index (χ1v) is 12.9. The van der Waals surface area contributed by atoms with E-state index in [9.17, 15) is 13.9 Å². The quantitative estimate of drug-likeness (QED) is 0.284. The van der Waals surface area contributed by atoms with Crippen molar-refractivity contribution >= 4 is 11.3 Å². The fourth-order valence-corrected chi connectivity index (χ4v) is 5.74. The molecule has 188 valence electrons. The average Bonchev–Trinajstić information content (AvgIpc) is 3.62. The molecule has 2 aromatic carbocycles. The van der Waals surface area contributed by atoms with Gasteiger partial charge < -0.3 is 14.3 Å². The molecule has 36 heavy (non-hydrogen) atoms. The summed E-state index contributed by atoms with van der Waals surface area (Å²) in [6, 6.07) is 19.1. The summed E-state index contributed by atoms with van der Waals surface area (Å²) in [7, 11) is 0. The number of halogens is 2. The minimum atomic E-state index is -1.85. The van der Waals surface area contributed by atoms with E-state index in [1.807, 2.05) is 6.07 Å². The SMILES string of the molecule is Cc1ccc(CN(Cc2ccc(C(O)(c3cccc(F)c3)c3cccc(F)c3)o2)C[C@H]2CCCO2)s1. The van der Waals surface area contributed by atoms with Gasteiger partial charge in [-0.2, -0.15) is 0 Å². The summed E-state index contributed by atoms with van der Waals surface area (Å²) >= 11 is 1.77. The number of rotatable bonds is 9. The van der Waals surface area contributed by atoms with E-state index >= 15 is 0 Å². The van der Waals surface area contributed by atoms with Crippen LogP contribution in [-0.4, -0.2) is 29.3 Å². The fraction of sp³-hybridized carbons (Fsp3) is 0.310. The molecule has 7 heteroatoms. The molecular formula is C29H29F2NO3S. The standard InChI is InChI=1S/C29H29F2NO3S/c1-20-10-12-27(36-20)19-32(17-25-9-4-14-34-25)18-26-11-13-28(35-26)29(33,21-5-2-7-23(30)15-21)22-6-3-8-24(31)16-22/h2-3,5-8,10-13,15-16,25,33H,4,9,14,17-19H2,1H3/t25-/m1/s1. The third-order valence-corrected chi connectivity index (χ3v) is 7.53. The number of furan rings is 1. The van der Waals surface area contributed by atoms with E-state index in [1.165, 1.54) is 46.2 Å². The molecule has 1 fully saturated rings. The number of aryl methyl sites for hydroxylation is 1. The maximum Gasteiger partial charge on any atom is 0.173 e. The average molecular weight is 510 g/mol. The molecule has 2 aromatic heterocycles. The molecule has 0 spiro atoms. The second kappa shape index (κ2) is 10.6. The van der Waals surface area contributed by atoms with Gasteiger partial charge in [-0.05, 0) is 79.4 Å². The normalized spacial score (nSPS) is 16.2. The number of aliphatic hydroxyl groups is 1. The van der Waals surface area contributed by atoms with Crippen molar-refractivity contribution in [3.05, 3.63) is 117 Å². The lowest BCUT2D eigenvalue weighted by Crippen LogP contribution is -2.31. The highest BCUT2D eigenvalue weighted by Crippen LogP contribution is 2.38. The van der Waals surface area contributed by atoms with Crippen LogP contribution in [0, 0.1) is 18.6 Å². The highest BCUT2D eigenvalue weighted by atomic mass is 32.1. The van der Waals surface area contributed by atoms with Crippen molar-refractivity contribution in [2.75, 3.05) is 13.2 Å². The zero-order valence-corrected chi connectivity index (χ0v) is 20.9. The maximum atomic E-state index is 14.2. The predicted octanol–water partition coefficient (Wildman–Crippen LogP) is 6.39. The Balaban J connectivity index is 1.46. The fourth-order valence-electron chi connectivity index (χ4n) is 4.81. The van der Waals surface area contributed by atoms with Gasteiger partial charge in [-0.1, -0.05) is 24.3 Å². The molecule has 3 heterocycles. The van der Waals surface area contributed by atoms with Gasteiger partial charge in [0, 0.05) is 29.5 Å². The van der Waals surface area contributed by atoms with Gasteiger partial charge in [0.25, 0.3) is 0 Å². The summed E-state index contributed by atoms with van der Waals surface area (Å²) < 4.78 is 40.4. The summed E-state index contributed by atoms with van der Waals surface area (Å²) in [6.45, 7) is 4.92. The lowest BCUT2D eigenvalue weighted by atomic mass is 9.84. The third-order valence-electron chi connectivity index (χ3n) is 6.54. The molecule has 0 aliphatic carbocycles. The second-order valence-electron chi connectivity index (χ2n) is 9.31. The molecule has 1 saturated heterocycles. The zero-order chi connectivity index (χ0) is 25.1. The topological polar surface area (TPSA) is 45.8 Å². The minimum Gasteiger partial charge on any atom is -0.461 e. The summed E-state index contributed by atoms with van der Waals surface area (Å²) in [5, 5.41) is 11.9. The largest absolute Gasteiger partial charge is 0.461 e. The molecule has 1 aliphatic rings. The number of benzene rings is 2. The number of hydrogen-bond donors (Lipinski definition) is 1. The predicted molar refractivity (Wildman–Crippen MR) is 136 cm³/mol. The van der Waals surface area contributed by atoms with Crippen LogP contribution in [0.2, 0.25) is 0 Å². The van der Waals surface area contributed by atoms with Crippen LogP contribution in [0.1, 0.15) is 45.2 Å². The molecule has 1 atom stereocenters. The van der Waals surface area contributed by atoms with Crippen molar-refractivity contribution < 1.29 is 23.0 Å². The van der Waals surface area contributed by atoms with E-state index < -0.39 is 17.2 Å². The van der Waals surface area contributed by atoms with Crippen molar-refractivity contribution in [3.8, 4) is 0 Å². The molecule has 1 aliphatic heterocycles. The maximum absolute atomic E-state index is 14.2. The van der Waals surface area contributed by atoms with Gasteiger partial charge >= 0.3 is 0 Å². The van der Waals surface area contributed by atoms with Crippen LogP contribution in [-0.2, 0) is 23.4 Å². The summed E-state index contributed by atoms with van der Waals surface area (Å²) in [5.74, 6) is -0.133. The molecule has 0 unspecified atom stereocenters. The van der Waals surface area contributed by atoms with Gasteiger partial charge in [-0.15, -0.1) is 11.3 Å². The molecule has 4 aromatic rings. The van der Waals surface area contributed by atoms with E-state index in [-0.39, 0.29) is 23.0 Å². The highest BCUT2D eigenvalue weighted by Gasteiger charge is 2.38. The van der Waals surface area contributed by atoms with Crippen LogP contribution in [0.4, 0.5) is 8.78 Å². The Hall–Kier alpha value is -2.84. The van der Waals surface area contributed by atoms with Crippen LogP contribution in [0.25, 0.3) is 0 Å². The lowest BCUT2D eigenvalue weighted by molar-refractivity contribution is 0.0633. The molecule has 0 saturated carbocycles. The molecule has 5 rings (SSSR count). The van der Waals surface area contributed by atoms with Gasteiger partial charge in [-0.3, -0.25) is 4.90 Å². The van der Waals surface area contributed by atoms with Crippen LogP contribution in [0.5, 0.6) is 0 Å². The summed E-state index contributed by atoms with van der Waals surface area (Å²) in [5.41, 5.74) is -1.33. The Bertz CT molecular complexity index is 1270. The van der Waals surface area contributed by atoms with Gasteiger partial charge in [0.1, 0.15) is 23.2 Å². The van der Waals surface area contributed by atoms with Crippen molar-refractivity contribution in [3.63, 3.8) is 0 Å². The molecule has 0 amide bonds. The van der Waals surface area contributed by atoms with Crippen LogP contribution in [0.15, 0.2) is 77.2 Å². The molecule has 1 N–H and O–H groups in total. The first kappa shape index (κ1) is 24.8. The number of thiophene rings is 1. The van der Waals surface area contributed by atoms with E-state index in [1.54, 1.807) is 29.5 Å². The van der Waals surface area contributed by atoms with Crippen molar-refractivity contribution in [1.29, 1.82) is 0 Å². The van der Waals surface area contributed by atoms with E-state index in [2.05, 4.69) is 24.0 Å². The van der Waals surface area contributed by atoms with Crippen molar-refractivity contribution in [1.82, 2.24) is 4.90 Å². The smallest absolute Gasteiger partial charge is 0.173 e. The van der Waals surface area contributed by atoms with E-state index in [4.69, 9.17) is 9.15 Å². The summed E-state index contributed by atoms with van der Waals surface area (Å²) in [6.07, 6.45) is 2.27. The van der Waals surface area contributed by atoms with Crippen LogP contribution in [0.3, 0.4) is 0 Å². The molecular weight excluding hydrogens is 480 g/mol. The second-order valence-corrected chi connectivity index (χ2v) is 10.7. The Morgan fingerprint density at radius 2 is 1.69 bits per heavy atom. The zero-order valence-electron chi connectivity index (χ0n) is 20.1. The summed E-state index contributed by atoms with van der Waals surface area (Å²) in [4.78, 5) is 4.80. The number of hydrogen-bond acceptors (Lipinski definition) is 5. The number of ether oxygens (including phenoxy) is 1. The van der Waals surface area contributed by atoms with E-state index in [0.29, 0.717) is 12.3 Å². The van der Waals surface area contributed by atoms with Crippen LogP contribution >= 0.6 is 11.3 Å². The Labute approximate surface area is 213 Å². The molecule has 0 bridgehead atoms. The minimum absolute atomic E-state index is 0.178. The first-order valence-electron chi connectivity index (χ1n) is 12.1. The van der Waals surface area contributed by atoms with E-state index in [0.717, 1.165) is 32.5 Å². The Kier molecular flexibility index (Phi) is 7.34. The van der Waals surface area contributed by atoms with Gasteiger partial charge in [0.05, 0.1) is 12.6 Å².